The van der Waals surface area contributed by atoms with Crippen molar-refractivity contribution in [2.75, 3.05) is 12.4 Å². The Kier molecular flexibility index (Phi) is 4.80. The van der Waals surface area contributed by atoms with Gasteiger partial charge in [0.1, 0.15) is 6.61 Å². The fourth-order valence-corrected chi connectivity index (χ4v) is 4.47. The molecule has 0 aliphatic heterocycles. The second-order valence-electron chi connectivity index (χ2n) is 6.85. The molecule has 0 spiro atoms. The number of ether oxygens (including phenoxy) is 1. The van der Waals surface area contributed by atoms with Gasteiger partial charge in [0.15, 0.2) is 5.82 Å². The van der Waals surface area contributed by atoms with Crippen molar-refractivity contribution in [3.8, 4) is 0 Å². The summed E-state index contributed by atoms with van der Waals surface area (Å²) in [6, 6.07) is 2.40. The average Bonchev–Trinajstić information content (AvgIpc) is 3.24. The maximum absolute atomic E-state index is 12.4. The van der Waals surface area contributed by atoms with Gasteiger partial charge in [-0.25, -0.2) is 9.67 Å². The summed E-state index contributed by atoms with van der Waals surface area (Å²) in [6.45, 7) is 0.442. The Bertz CT molecular complexity index is 795. The Balaban J connectivity index is 1.37. The van der Waals surface area contributed by atoms with Crippen LogP contribution in [0.25, 0.3) is 0 Å². The Morgan fingerprint density at radius 3 is 2.96 bits per heavy atom. The third-order valence-corrected chi connectivity index (χ3v) is 5.78. The number of nitrogens with zero attached hydrogens (tertiary/aromatic N) is 4. The highest BCUT2D eigenvalue weighted by atomic mass is 32.1. The van der Waals surface area contributed by atoms with Crippen LogP contribution in [0.1, 0.15) is 55.2 Å². The summed E-state index contributed by atoms with van der Waals surface area (Å²) in [5.41, 5.74) is 2.34. The van der Waals surface area contributed by atoms with Gasteiger partial charge >= 0.3 is 0 Å². The molecule has 7 nitrogen and oxygen atoms in total. The summed E-state index contributed by atoms with van der Waals surface area (Å²) in [5.74, 6) is 0.720. The van der Waals surface area contributed by atoms with E-state index in [1.807, 2.05) is 0 Å². The molecule has 2 heterocycles. The van der Waals surface area contributed by atoms with Gasteiger partial charge < -0.3 is 10.1 Å². The van der Waals surface area contributed by atoms with E-state index in [2.05, 4.69) is 19.8 Å². The van der Waals surface area contributed by atoms with E-state index in [1.54, 1.807) is 17.9 Å². The summed E-state index contributed by atoms with van der Waals surface area (Å²) >= 11 is 1.38. The number of hydrogen-bond acceptors (Lipinski definition) is 7. The monoisotopic (exact) mass is 361 g/mol. The van der Waals surface area contributed by atoms with Crippen molar-refractivity contribution in [3.63, 3.8) is 0 Å². The van der Waals surface area contributed by atoms with Gasteiger partial charge in [-0.1, -0.05) is 0 Å². The SMILES string of the molecule is COCc1nsc(NC2CCC(n3nc4c(cc3=O)CCC4)CC2)n1. The molecule has 0 atom stereocenters. The van der Waals surface area contributed by atoms with Gasteiger partial charge in [-0.2, -0.15) is 9.47 Å². The zero-order valence-electron chi connectivity index (χ0n) is 14.4. The molecule has 2 aromatic heterocycles. The lowest BCUT2D eigenvalue weighted by molar-refractivity contribution is 0.179. The summed E-state index contributed by atoms with van der Waals surface area (Å²) in [5, 5.41) is 8.98. The minimum absolute atomic E-state index is 0.0605. The molecule has 0 radical (unpaired) electrons. The van der Waals surface area contributed by atoms with E-state index >= 15 is 0 Å². The van der Waals surface area contributed by atoms with Crippen LogP contribution in [0.3, 0.4) is 0 Å². The average molecular weight is 361 g/mol. The topological polar surface area (TPSA) is 81.9 Å². The molecule has 2 aliphatic carbocycles. The van der Waals surface area contributed by atoms with Crippen LogP contribution in [0.5, 0.6) is 0 Å². The van der Waals surface area contributed by atoms with Crippen LogP contribution in [-0.2, 0) is 24.2 Å². The van der Waals surface area contributed by atoms with Gasteiger partial charge in [-0.15, -0.1) is 0 Å². The second kappa shape index (κ2) is 7.21. The summed E-state index contributed by atoms with van der Waals surface area (Å²) in [6.07, 6.45) is 7.08. The van der Waals surface area contributed by atoms with Crippen LogP contribution < -0.4 is 10.9 Å². The van der Waals surface area contributed by atoms with Gasteiger partial charge in [-0.05, 0) is 50.5 Å². The normalized spacial score (nSPS) is 22.8. The minimum atomic E-state index is 0.0605. The third kappa shape index (κ3) is 3.59. The van der Waals surface area contributed by atoms with Crippen LogP contribution >= 0.6 is 11.5 Å². The van der Waals surface area contributed by atoms with Gasteiger partial charge in [0.2, 0.25) is 5.13 Å². The Morgan fingerprint density at radius 1 is 1.32 bits per heavy atom. The number of aryl methyl sites for hydroxylation is 2. The predicted molar refractivity (Wildman–Crippen MR) is 96.1 cm³/mol. The van der Waals surface area contributed by atoms with Crippen molar-refractivity contribution in [2.45, 2.75) is 63.6 Å². The highest BCUT2D eigenvalue weighted by molar-refractivity contribution is 7.09. The first-order valence-corrected chi connectivity index (χ1v) is 9.70. The first kappa shape index (κ1) is 16.7. The summed E-state index contributed by atoms with van der Waals surface area (Å²) in [4.78, 5) is 16.8. The van der Waals surface area contributed by atoms with E-state index in [0.29, 0.717) is 12.6 Å². The van der Waals surface area contributed by atoms with Gasteiger partial charge in [-0.3, -0.25) is 4.79 Å². The van der Waals surface area contributed by atoms with Crippen LogP contribution in [0.4, 0.5) is 5.13 Å². The maximum atomic E-state index is 12.4. The standard InChI is InChI=1S/C17H23N5O2S/c1-24-10-15-19-17(25-21-15)18-12-5-7-13(8-6-12)22-16(23)9-11-3-2-4-14(11)20-22/h9,12-13H,2-8,10H2,1H3,(H,18,19,21). The van der Waals surface area contributed by atoms with Gasteiger partial charge in [0, 0.05) is 30.8 Å². The molecule has 134 valence electrons. The van der Waals surface area contributed by atoms with Crippen molar-refractivity contribution in [1.29, 1.82) is 0 Å². The number of rotatable bonds is 5. The summed E-state index contributed by atoms with van der Waals surface area (Å²) < 4.78 is 11.1. The zero-order chi connectivity index (χ0) is 17.2. The molecule has 1 fully saturated rings. The lowest BCUT2D eigenvalue weighted by Crippen LogP contribution is -2.33. The van der Waals surface area contributed by atoms with Gasteiger partial charge in [0.05, 0.1) is 11.7 Å². The Labute approximate surface area is 150 Å². The Morgan fingerprint density at radius 2 is 2.16 bits per heavy atom. The lowest BCUT2D eigenvalue weighted by atomic mass is 9.91. The quantitative estimate of drug-likeness (QED) is 0.880. The maximum Gasteiger partial charge on any atom is 0.267 e. The largest absolute Gasteiger partial charge is 0.377 e. The van der Waals surface area contributed by atoms with E-state index < -0.39 is 0 Å². The van der Waals surface area contributed by atoms with E-state index in [-0.39, 0.29) is 11.6 Å². The molecule has 1 N–H and O–H groups in total. The molecule has 2 aliphatic rings. The van der Waals surface area contributed by atoms with Crippen molar-refractivity contribution < 1.29 is 4.74 Å². The summed E-state index contributed by atoms with van der Waals surface area (Å²) in [7, 11) is 1.64. The van der Waals surface area contributed by atoms with Gasteiger partial charge in [0.25, 0.3) is 5.56 Å². The van der Waals surface area contributed by atoms with Crippen LogP contribution in [0.15, 0.2) is 10.9 Å². The van der Waals surface area contributed by atoms with E-state index in [4.69, 9.17) is 4.74 Å². The minimum Gasteiger partial charge on any atom is -0.377 e. The van der Waals surface area contributed by atoms with Crippen molar-refractivity contribution in [3.05, 3.63) is 33.5 Å². The third-order valence-electron chi connectivity index (χ3n) is 5.09. The van der Waals surface area contributed by atoms with E-state index in [1.165, 1.54) is 11.5 Å². The van der Waals surface area contributed by atoms with Crippen molar-refractivity contribution in [2.24, 2.45) is 0 Å². The second-order valence-corrected chi connectivity index (χ2v) is 7.60. The number of methoxy groups -OCH3 is 1. The Hall–Kier alpha value is -1.80. The predicted octanol–water partition coefficient (Wildman–Crippen LogP) is 2.33. The highest BCUT2D eigenvalue weighted by Crippen LogP contribution is 2.30. The molecular weight excluding hydrogens is 338 g/mol. The van der Waals surface area contributed by atoms with Crippen molar-refractivity contribution >= 4 is 16.7 Å². The lowest BCUT2D eigenvalue weighted by Gasteiger charge is -2.29. The van der Waals surface area contributed by atoms with E-state index in [9.17, 15) is 4.79 Å². The van der Waals surface area contributed by atoms with Crippen LogP contribution in [0.2, 0.25) is 0 Å². The first-order chi connectivity index (χ1) is 12.2. The number of aromatic nitrogens is 4. The molecule has 25 heavy (non-hydrogen) atoms. The molecule has 0 amide bonds. The zero-order valence-corrected chi connectivity index (χ0v) is 15.2. The fourth-order valence-electron chi connectivity index (χ4n) is 3.82. The van der Waals surface area contributed by atoms with E-state index in [0.717, 1.165) is 67.2 Å². The highest BCUT2D eigenvalue weighted by Gasteiger charge is 2.26. The molecule has 0 bridgehead atoms. The van der Waals surface area contributed by atoms with Crippen LogP contribution in [-0.4, -0.2) is 32.3 Å². The fraction of sp³-hybridized carbons (Fsp3) is 0.647. The number of anilines is 1. The molecule has 0 unspecified atom stereocenters. The number of fused-ring (bicyclic) bond motifs is 1. The smallest absolute Gasteiger partial charge is 0.267 e. The number of hydrogen-bond donors (Lipinski definition) is 1. The molecular formula is C17H23N5O2S. The molecule has 4 rings (SSSR count). The molecule has 0 saturated heterocycles. The van der Waals surface area contributed by atoms with Crippen molar-refractivity contribution in [1.82, 2.24) is 19.1 Å². The molecule has 8 heteroatoms. The number of nitrogens with one attached hydrogen (secondary N) is 1. The molecule has 1 saturated carbocycles. The molecule has 0 aromatic carbocycles. The first-order valence-electron chi connectivity index (χ1n) is 8.92. The van der Waals surface area contributed by atoms with Crippen LogP contribution in [0, 0.1) is 0 Å². The molecule has 2 aromatic rings.